The van der Waals surface area contributed by atoms with Crippen LogP contribution in [0.3, 0.4) is 0 Å². The van der Waals surface area contributed by atoms with Gasteiger partial charge in [0.1, 0.15) is 5.69 Å². The third kappa shape index (κ3) is 3.64. The van der Waals surface area contributed by atoms with Crippen molar-refractivity contribution < 1.29 is 14.3 Å². The molecule has 2 aliphatic rings. The van der Waals surface area contributed by atoms with Crippen LogP contribution in [0.1, 0.15) is 31.7 Å². The van der Waals surface area contributed by atoms with E-state index in [1.54, 1.807) is 12.0 Å². The Kier molecular flexibility index (Phi) is 4.54. The molecule has 128 valence electrons. The van der Waals surface area contributed by atoms with E-state index in [1.165, 1.54) is 0 Å². The Labute approximate surface area is 136 Å². The van der Waals surface area contributed by atoms with Crippen molar-refractivity contribution in [1.82, 2.24) is 25.2 Å². The smallest absolute Gasteiger partial charge is 0.318 e. The molecular weight excluding hydrogens is 298 g/mol. The minimum atomic E-state index is -0.156. The summed E-state index contributed by atoms with van der Waals surface area (Å²) in [6, 6.07) is 0.0321. The Hall–Kier alpha value is -1.67. The zero-order valence-electron chi connectivity index (χ0n) is 14.0. The highest BCUT2D eigenvalue weighted by Crippen LogP contribution is 2.25. The van der Waals surface area contributed by atoms with Gasteiger partial charge in [0, 0.05) is 20.1 Å². The summed E-state index contributed by atoms with van der Waals surface area (Å²) in [5, 5.41) is 11.4. The van der Waals surface area contributed by atoms with E-state index in [0.29, 0.717) is 32.8 Å². The number of rotatable bonds is 4. The van der Waals surface area contributed by atoms with Crippen molar-refractivity contribution in [2.45, 2.75) is 51.4 Å². The molecule has 8 heteroatoms. The first-order chi connectivity index (χ1) is 11.0. The van der Waals surface area contributed by atoms with E-state index in [2.05, 4.69) is 15.6 Å². The van der Waals surface area contributed by atoms with Gasteiger partial charge in [-0.05, 0) is 20.3 Å². The van der Waals surface area contributed by atoms with E-state index in [1.807, 2.05) is 18.5 Å². The van der Waals surface area contributed by atoms with Crippen LogP contribution < -0.4 is 5.32 Å². The molecule has 2 amide bonds. The van der Waals surface area contributed by atoms with Crippen LogP contribution in [0.25, 0.3) is 0 Å². The van der Waals surface area contributed by atoms with Crippen LogP contribution in [0.4, 0.5) is 4.79 Å². The van der Waals surface area contributed by atoms with E-state index in [4.69, 9.17) is 9.47 Å². The van der Waals surface area contributed by atoms with E-state index in [9.17, 15) is 4.79 Å². The molecule has 0 saturated carbocycles. The highest BCUT2D eigenvalue weighted by molar-refractivity contribution is 5.74. The van der Waals surface area contributed by atoms with E-state index in [0.717, 1.165) is 24.2 Å². The molecule has 1 unspecified atom stereocenters. The van der Waals surface area contributed by atoms with Crippen molar-refractivity contribution in [2.75, 3.05) is 26.9 Å². The Balaban J connectivity index is 1.57. The van der Waals surface area contributed by atoms with E-state index < -0.39 is 0 Å². The molecule has 1 atom stereocenters. The lowest BCUT2D eigenvalue weighted by Crippen LogP contribution is -2.47. The molecule has 8 nitrogen and oxygen atoms in total. The molecular formula is C15H25N5O3. The average Bonchev–Trinajstić information content (AvgIpc) is 3.07. The summed E-state index contributed by atoms with van der Waals surface area (Å²) >= 11 is 0. The lowest BCUT2D eigenvalue weighted by Gasteiger charge is -2.28. The van der Waals surface area contributed by atoms with Gasteiger partial charge >= 0.3 is 6.03 Å². The minimum Gasteiger partial charge on any atom is -0.383 e. The van der Waals surface area contributed by atoms with Gasteiger partial charge in [-0.1, -0.05) is 5.21 Å². The highest BCUT2D eigenvalue weighted by atomic mass is 16.5. The number of amides is 2. The molecule has 0 aromatic carbocycles. The average molecular weight is 323 g/mol. The molecule has 1 aromatic heterocycles. The summed E-state index contributed by atoms with van der Waals surface area (Å²) in [6.45, 7) is 7.15. The van der Waals surface area contributed by atoms with Gasteiger partial charge in [-0.2, -0.15) is 0 Å². The summed E-state index contributed by atoms with van der Waals surface area (Å²) in [7, 11) is 1.67. The molecule has 1 fully saturated rings. The van der Waals surface area contributed by atoms with Gasteiger partial charge in [-0.25, -0.2) is 9.48 Å². The van der Waals surface area contributed by atoms with Crippen LogP contribution in [0.2, 0.25) is 0 Å². The lowest BCUT2D eigenvalue weighted by molar-refractivity contribution is 0.0357. The van der Waals surface area contributed by atoms with Gasteiger partial charge < -0.3 is 19.7 Å². The van der Waals surface area contributed by atoms with Gasteiger partial charge in [0.15, 0.2) is 0 Å². The van der Waals surface area contributed by atoms with Gasteiger partial charge in [0.25, 0.3) is 0 Å². The first-order valence-electron chi connectivity index (χ1n) is 8.08. The van der Waals surface area contributed by atoms with Crippen molar-refractivity contribution >= 4 is 6.03 Å². The second kappa shape index (κ2) is 6.45. The predicted octanol–water partition coefficient (Wildman–Crippen LogP) is 0.560. The van der Waals surface area contributed by atoms with Crippen LogP contribution in [-0.4, -0.2) is 64.4 Å². The molecule has 3 heterocycles. The van der Waals surface area contributed by atoms with Crippen molar-refractivity contribution in [3.05, 3.63) is 11.4 Å². The van der Waals surface area contributed by atoms with Crippen LogP contribution >= 0.6 is 0 Å². The third-order valence-electron chi connectivity index (χ3n) is 4.41. The number of carbonyl (C=O) groups excluding carboxylic acids is 1. The fourth-order valence-electron chi connectivity index (χ4n) is 3.19. The van der Waals surface area contributed by atoms with Crippen LogP contribution in [0.5, 0.6) is 0 Å². The minimum absolute atomic E-state index is 0.0478. The van der Waals surface area contributed by atoms with Crippen molar-refractivity contribution in [1.29, 1.82) is 0 Å². The van der Waals surface area contributed by atoms with Crippen molar-refractivity contribution in [3.8, 4) is 0 Å². The first kappa shape index (κ1) is 16.2. The molecule has 23 heavy (non-hydrogen) atoms. The molecule has 0 bridgehead atoms. The Morgan fingerprint density at radius 3 is 3.04 bits per heavy atom. The largest absolute Gasteiger partial charge is 0.383 e. The second-order valence-electron chi connectivity index (χ2n) is 6.79. The zero-order valence-corrected chi connectivity index (χ0v) is 14.0. The fourth-order valence-corrected chi connectivity index (χ4v) is 3.19. The quantitative estimate of drug-likeness (QED) is 0.875. The third-order valence-corrected chi connectivity index (χ3v) is 4.41. The molecule has 3 rings (SSSR count). The number of carbonyl (C=O) groups is 1. The number of nitrogens with one attached hydrogen (secondary N) is 1. The summed E-state index contributed by atoms with van der Waals surface area (Å²) in [6.07, 6.45) is 1.61. The molecule has 1 saturated heterocycles. The van der Waals surface area contributed by atoms with Gasteiger partial charge in [0.2, 0.25) is 0 Å². The number of hydrogen-bond donors (Lipinski definition) is 1. The number of nitrogens with zero attached hydrogens (tertiary/aromatic N) is 4. The topological polar surface area (TPSA) is 81.5 Å². The number of aromatic nitrogens is 3. The standard InChI is InChI=1S/C15H25N5O3/c1-15(2)8-11(10-23-15)16-14(21)19-5-4-13-12(9-19)17-18-20(13)6-7-22-3/h11H,4-10H2,1-3H3,(H,16,21). The second-order valence-corrected chi connectivity index (χ2v) is 6.79. The maximum absolute atomic E-state index is 12.4. The molecule has 0 aliphatic carbocycles. The SMILES string of the molecule is COCCn1nnc2c1CCN(C(=O)NC1COC(C)(C)C1)C2. The Bertz CT molecular complexity index is 571. The number of urea groups is 1. The molecule has 2 aliphatic heterocycles. The summed E-state index contributed by atoms with van der Waals surface area (Å²) < 4.78 is 12.6. The number of fused-ring (bicyclic) bond motifs is 1. The van der Waals surface area contributed by atoms with Gasteiger partial charge in [-0.3, -0.25) is 0 Å². The van der Waals surface area contributed by atoms with Crippen molar-refractivity contribution in [3.63, 3.8) is 0 Å². The number of hydrogen-bond acceptors (Lipinski definition) is 5. The van der Waals surface area contributed by atoms with E-state index >= 15 is 0 Å². The van der Waals surface area contributed by atoms with Crippen LogP contribution in [0.15, 0.2) is 0 Å². The normalized spacial score (nSPS) is 22.9. The van der Waals surface area contributed by atoms with Crippen LogP contribution in [-0.2, 0) is 29.0 Å². The predicted molar refractivity (Wildman–Crippen MR) is 83.0 cm³/mol. The van der Waals surface area contributed by atoms with Gasteiger partial charge in [-0.15, -0.1) is 5.10 Å². The van der Waals surface area contributed by atoms with Crippen LogP contribution in [0, 0.1) is 0 Å². The maximum Gasteiger partial charge on any atom is 0.318 e. The monoisotopic (exact) mass is 323 g/mol. The maximum atomic E-state index is 12.4. The Morgan fingerprint density at radius 2 is 2.35 bits per heavy atom. The summed E-state index contributed by atoms with van der Waals surface area (Å²) in [5.74, 6) is 0. The summed E-state index contributed by atoms with van der Waals surface area (Å²) in [4.78, 5) is 14.2. The summed E-state index contributed by atoms with van der Waals surface area (Å²) in [5.41, 5.74) is 1.83. The highest BCUT2D eigenvalue weighted by Gasteiger charge is 2.34. The Morgan fingerprint density at radius 1 is 1.52 bits per heavy atom. The van der Waals surface area contributed by atoms with E-state index in [-0.39, 0.29) is 17.7 Å². The fraction of sp³-hybridized carbons (Fsp3) is 0.800. The molecule has 1 aromatic rings. The lowest BCUT2D eigenvalue weighted by atomic mass is 10.0. The number of methoxy groups -OCH3 is 1. The zero-order chi connectivity index (χ0) is 16.4. The molecule has 0 spiro atoms. The first-order valence-corrected chi connectivity index (χ1v) is 8.08. The van der Waals surface area contributed by atoms with Gasteiger partial charge in [0.05, 0.1) is 43.6 Å². The molecule has 0 radical (unpaired) electrons. The molecule has 1 N–H and O–H groups in total. The number of ether oxygens (including phenoxy) is 2. The van der Waals surface area contributed by atoms with Crippen molar-refractivity contribution in [2.24, 2.45) is 0 Å².